The molecule has 0 aromatic carbocycles. The topological polar surface area (TPSA) is 47.9 Å². The van der Waals surface area contributed by atoms with Gasteiger partial charge >= 0.3 is 0 Å². The van der Waals surface area contributed by atoms with E-state index < -0.39 is 0 Å². The zero-order valence-electron chi connectivity index (χ0n) is 11.5. The van der Waals surface area contributed by atoms with Crippen LogP contribution in [0, 0.1) is 0 Å². The lowest BCUT2D eigenvalue weighted by Crippen LogP contribution is -2.29. The van der Waals surface area contributed by atoms with E-state index in [4.69, 9.17) is 19.3 Å². The van der Waals surface area contributed by atoms with Crippen LogP contribution in [0.4, 0.5) is 0 Å². The van der Waals surface area contributed by atoms with Crippen LogP contribution in [-0.2, 0) is 14.2 Å². The summed E-state index contributed by atoms with van der Waals surface area (Å²) in [6.45, 7) is 9.23. The first-order valence-electron chi connectivity index (χ1n) is 6.59. The Morgan fingerprint density at radius 2 is 1.53 bits per heavy atom. The molecule has 0 spiro atoms. The minimum Gasteiger partial charge on any atom is -0.394 e. The van der Waals surface area contributed by atoms with Crippen molar-refractivity contribution in [3.63, 3.8) is 0 Å². The predicted octanol–water partition coefficient (Wildman–Crippen LogP) is 2.00. The van der Waals surface area contributed by atoms with E-state index in [1.165, 1.54) is 0 Å². The summed E-state index contributed by atoms with van der Waals surface area (Å²) in [5.41, 5.74) is -0.00843. The molecule has 1 N–H and O–H groups in total. The first kappa shape index (κ1) is 16.8. The Morgan fingerprint density at radius 1 is 0.941 bits per heavy atom. The molecule has 0 aliphatic carbocycles. The fraction of sp³-hybridized carbons (Fsp3) is 1.00. The minimum atomic E-state index is -0.00843. The van der Waals surface area contributed by atoms with Crippen molar-refractivity contribution in [1.29, 1.82) is 0 Å². The third-order valence-electron chi connectivity index (χ3n) is 2.81. The van der Waals surface area contributed by atoms with Gasteiger partial charge in [-0.05, 0) is 19.8 Å². The van der Waals surface area contributed by atoms with E-state index in [0.717, 1.165) is 19.3 Å². The van der Waals surface area contributed by atoms with Crippen LogP contribution in [0.5, 0.6) is 0 Å². The molecule has 0 amide bonds. The van der Waals surface area contributed by atoms with E-state index in [2.05, 4.69) is 20.8 Å². The Labute approximate surface area is 105 Å². The Kier molecular flexibility index (Phi) is 10.9. The first-order valence-corrected chi connectivity index (χ1v) is 6.59. The van der Waals surface area contributed by atoms with Gasteiger partial charge in [0.25, 0.3) is 0 Å². The Balaban J connectivity index is 3.37. The van der Waals surface area contributed by atoms with Gasteiger partial charge < -0.3 is 19.3 Å². The standard InChI is InChI=1S/C13H28O4/c1-4-6-13(3,5-2)17-12-11-16-10-9-15-8-7-14/h14H,4-12H2,1-3H3. The molecule has 0 saturated heterocycles. The van der Waals surface area contributed by atoms with Crippen molar-refractivity contribution in [3.05, 3.63) is 0 Å². The second kappa shape index (κ2) is 11.0. The molecule has 1 atom stereocenters. The highest BCUT2D eigenvalue weighted by molar-refractivity contribution is 4.72. The lowest BCUT2D eigenvalue weighted by Gasteiger charge is -2.28. The van der Waals surface area contributed by atoms with Gasteiger partial charge in [0.15, 0.2) is 0 Å². The van der Waals surface area contributed by atoms with Crippen molar-refractivity contribution in [2.24, 2.45) is 0 Å². The van der Waals surface area contributed by atoms with Gasteiger partial charge in [-0.25, -0.2) is 0 Å². The average molecular weight is 248 g/mol. The predicted molar refractivity (Wildman–Crippen MR) is 68.3 cm³/mol. The molecule has 17 heavy (non-hydrogen) atoms. The Bertz CT molecular complexity index is 163. The van der Waals surface area contributed by atoms with Crippen LogP contribution in [0.3, 0.4) is 0 Å². The van der Waals surface area contributed by atoms with Crippen LogP contribution in [0.1, 0.15) is 40.0 Å². The maximum Gasteiger partial charge on any atom is 0.0707 e. The van der Waals surface area contributed by atoms with Gasteiger partial charge in [0, 0.05) is 0 Å². The van der Waals surface area contributed by atoms with Crippen LogP contribution in [0.15, 0.2) is 0 Å². The van der Waals surface area contributed by atoms with Crippen molar-refractivity contribution < 1.29 is 19.3 Å². The molecule has 0 bridgehead atoms. The number of ether oxygens (including phenoxy) is 3. The van der Waals surface area contributed by atoms with Crippen molar-refractivity contribution in [2.45, 2.75) is 45.6 Å². The van der Waals surface area contributed by atoms with Crippen LogP contribution in [0.2, 0.25) is 0 Å². The third-order valence-corrected chi connectivity index (χ3v) is 2.81. The lowest BCUT2D eigenvalue weighted by atomic mass is 9.97. The molecule has 4 heteroatoms. The largest absolute Gasteiger partial charge is 0.394 e. The SMILES string of the molecule is CCCC(C)(CC)OCCOCCOCCO. The molecule has 0 heterocycles. The van der Waals surface area contributed by atoms with Crippen molar-refractivity contribution in [2.75, 3.05) is 39.6 Å². The Morgan fingerprint density at radius 3 is 2.06 bits per heavy atom. The molecule has 0 aromatic rings. The molecular weight excluding hydrogens is 220 g/mol. The fourth-order valence-corrected chi connectivity index (χ4v) is 1.61. The van der Waals surface area contributed by atoms with Crippen molar-refractivity contribution >= 4 is 0 Å². The maximum atomic E-state index is 8.49. The molecule has 0 rings (SSSR count). The molecule has 0 fully saturated rings. The number of aliphatic hydroxyl groups is 1. The van der Waals surface area contributed by atoms with Gasteiger partial charge in [-0.15, -0.1) is 0 Å². The van der Waals surface area contributed by atoms with Gasteiger partial charge in [0.05, 0.1) is 45.2 Å². The van der Waals surface area contributed by atoms with Gasteiger partial charge in [-0.3, -0.25) is 0 Å². The first-order chi connectivity index (χ1) is 8.18. The zero-order chi connectivity index (χ0) is 13.0. The number of hydrogen-bond donors (Lipinski definition) is 1. The van der Waals surface area contributed by atoms with Gasteiger partial charge in [-0.2, -0.15) is 0 Å². The second-order valence-corrected chi connectivity index (χ2v) is 4.35. The highest BCUT2D eigenvalue weighted by Crippen LogP contribution is 2.21. The maximum absolute atomic E-state index is 8.49. The average Bonchev–Trinajstić information content (AvgIpc) is 2.33. The van der Waals surface area contributed by atoms with E-state index in [1.807, 2.05) is 0 Å². The van der Waals surface area contributed by atoms with Gasteiger partial charge in [0.2, 0.25) is 0 Å². The van der Waals surface area contributed by atoms with E-state index in [0.29, 0.717) is 33.0 Å². The summed E-state index contributed by atoms with van der Waals surface area (Å²) in [6.07, 6.45) is 3.25. The summed E-state index contributed by atoms with van der Waals surface area (Å²) in [6, 6.07) is 0. The van der Waals surface area contributed by atoms with Crippen LogP contribution in [-0.4, -0.2) is 50.3 Å². The minimum absolute atomic E-state index is 0.00843. The van der Waals surface area contributed by atoms with E-state index in [1.54, 1.807) is 0 Å². The van der Waals surface area contributed by atoms with Crippen LogP contribution < -0.4 is 0 Å². The number of rotatable bonds is 12. The summed E-state index contributed by atoms with van der Waals surface area (Å²) in [5.74, 6) is 0. The van der Waals surface area contributed by atoms with Crippen molar-refractivity contribution in [3.8, 4) is 0 Å². The quantitative estimate of drug-likeness (QED) is 0.537. The zero-order valence-corrected chi connectivity index (χ0v) is 11.5. The Hall–Kier alpha value is -0.160. The van der Waals surface area contributed by atoms with Crippen LogP contribution >= 0.6 is 0 Å². The van der Waals surface area contributed by atoms with Gasteiger partial charge in [-0.1, -0.05) is 20.3 Å². The number of hydrogen-bond acceptors (Lipinski definition) is 4. The van der Waals surface area contributed by atoms with E-state index in [-0.39, 0.29) is 12.2 Å². The lowest BCUT2D eigenvalue weighted by molar-refractivity contribution is -0.0687. The molecule has 0 saturated carbocycles. The summed E-state index contributed by atoms with van der Waals surface area (Å²) in [7, 11) is 0. The summed E-state index contributed by atoms with van der Waals surface area (Å²) in [4.78, 5) is 0. The fourth-order valence-electron chi connectivity index (χ4n) is 1.61. The molecule has 0 radical (unpaired) electrons. The van der Waals surface area contributed by atoms with E-state index >= 15 is 0 Å². The van der Waals surface area contributed by atoms with Crippen LogP contribution in [0.25, 0.3) is 0 Å². The monoisotopic (exact) mass is 248 g/mol. The summed E-state index contributed by atoms with van der Waals surface area (Å²) in [5, 5.41) is 8.49. The molecular formula is C13H28O4. The third kappa shape index (κ3) is 9.53. The molecule has 4 nitrogen and oxygen atoms in total. The molecule has 0 aliphatic heterocycles. The van der Waals surface area contributed by atoms with Gasteiger partial charge in [0.1, 0.15) is 0 Å². The van der Waals surface area contributed by atoms with E-state index in [9.17, 15) is 0 Å². The molecule has 104 valence electrons. The van der Waals surface area contributed by atoms with Crippen molar-refractivity contribution in [1.82, 2.24) is 0 Å². The number of aliphatic hydroxyl groups excluding tert-OH is 1. The smallest absolute Gasteiger partial charge is 0.0707 e. The molecule has 1 unspecified atom stereocenters. The molecule has 0 aromatic heterocycles. The normalized spacial score (nSPS) is 14.8. The molecule has 0 aliphatic rings. The highest BCUT2D eigenvalue weighted by Gasteiger charge is 2.20. The highest BCUT2D eigenvalue weighted by atomic mass is 16.6. The second-order valence-electron chi connectivity index (χ2n) is 4.35. The summed E-state index contributed by atoms with van der Waals surface area (Å²) >= 11 is 0. The summed E-state index contributed by atoms with van der Waals surface area (Å²) < 4.78 is 16.3.